The normalized spacial score (nSPS) is 28.3. The third-order valence-electron chi connectivity index (χ3n) is 3.59. The fourth-order valence-electron chi connectivity index (χ4n) is 2.84. The minimum Gasteiger partial charge on any atom is -0.367 e. The lowest BCUT2D eigenvalue weighted by Crippen LogP contribution is -2.45. The van der Waals surface area contributed by atoms with Crippen molar-refractivity contribution >= 4 is 28.7 Å². The number of hydrogen-bond acceptors (Lipinski definition) is 3. The van der Waals surface area contributed by atoms with Gasteiger partial charge in [0.25, 0.3) is 0 Å². The third-order valence-corrected chi connectivity index (χ3v) is 4.82. The van der Waals surface area contributed by atoms with Gasteiger partial charge in [0.1, 0.15) is 5.60 Å². The Hall–Kier alpha value is -0.380. The Kier molecular flexibility index (Phi) is 4.46. The molecule has 2 nitrogen and oxygen atoms in total. The first-order chi connectivity index (χ1) is 8.57. The molecule has 0 amide bonds. The quantitative estimate of drug-likeness (QED) is 0.758. The average Bonchev–Trinajstić information content (AvgIpc) is 2.75. The summed E-state index contributed by atoms with van der Waals surface area (Å²) in [6.07, 6.45) is 3.91. The van der Waals surface area contributed by atoms with Crippen LogP contribution in [0.4, 0.5) is 0 Å². The van der Waals surface area contributed by atoms with Crippen molar-refractivity contribution in [3.05, 3.63) is 21.3 Å². The number of thiophene rings is 1. The summed E-state index contributed by atoms with van der Waals surface area (Å²) in [5.74, 6) is 0.664. The molecule has 1 aromatic rings. The second-order valence-electron chi connectivity index (χ2n) is 5.06. The van der Waals surface area contributed by atoms with Gasteiger partial charge < -0.3 is 4.74 Å². The topological polar surface area (TPSA) is 26.3 Å². The molecule has 4 heteroatoms. The van der Waals surface area contributed by atoms with E-state index in [0.717, 1.165) is 24.1 Å². The van der Waals surface area contributed by atoms with Crippen LogP contribution in [0.2, 0.25) is 4.34 Å². The summed E-state index contributed by atoms with van der Waals surface area (Å²) >= 11 is 7.27. The highest BCUT2D eigenvalue weighted by molar-refractivity contribution is 7.18. The minimum absolute atomic E-state index is 0.118. The van der Waals surface area contributed by atoms with Gasteiger partial charge in [-0.25, -0.2) is 0 Å². The summed E-state index contributed by atoms with van der Waals surface area (Å²) in [4.78, 5) is 13.4. The molecule has 0 N–H and O–H groups in total. The maximum absolute atomic E-state index is 12.7. The molecular weight excluding hydrogens is 268 g/mol. The first-order valence-corrected chi connectivity index (χ1v) is 7.71. The summed E-state index contributed by atoms with van der Waals surface area (Å²) in [6.45, 7) is 4.73. The zero-order chi connectivity index (χ0) is 13.2. The highest BCUT2D eigenvalue weighted by Gasteiger charge is 2.43. The van der Waals surface area contributed by atoms with Crippen LogP contribution in [0.1, 0.15) is 49.2 Å². The molecule has 18 heavy (non-hydrogen) atoms. The van der Waals surface area contributed by atoms with Crippen molar-refractivity contribution in [3.8, 4) is 0 Å². The van der Waals surface area contributed by atoms with Gasteiger partial charge >= 0.3 is 0 Å². The van der Waals surface area contributed by atoms with Crippen LogP contribution >= 0.6 is 22.9 Å². The zero-order valence-corrected chi connectivity index (χ0v) is 12.4. The summed E-state index contributed by atoms with van der Waals surface area (Å²) in [5, 5.41) is 0. The van der Waals surface area contributed by atoms with E-state index in [4.69, 9.17) is 16.3 Å². The minimum atomic E-state index is -0.611. The van der Waals surface area contributed by atoms with E-state index in [0.29, 0.717) is 16.9 Å². The number of carbonyl (C=O) groups excluding carboxylic acids is 1. The number of hydrogen-bond donors (Lipinski definition) is 0. The molecule has 0 bridgehead atoms. The second kappa shape index (κ2) is 5.72. The standard InChI is InChI=1S/C14H19ClO2S/c1-3-17-14(8-4-5-10(2)9-14)13(16)11-6-7-12(15)18-11/h6-7,10H,3-5,8-9H2,1-2H3. The molecule has 100 valence electrons. The van der Waals surface area contributed by atoms with Gasteiger partial charge in [0.15, 0.2) is 0 Å². The molecule has 0 spiro atoms. The lowest BCUT2D eigenvalue weighted by atomic mass is 9.76. The SMILES string of the molecule is CCOC1(C(=O)c2ccc(Cl)s2)CCCC(C)C1. The Morgan fingerprint density at radius 2 is 2.39 bits per heavy atom. The monoisotopic (exact) mass is 286 g/mol. The van der Waals surface area contributed by atoms with Crippen LogP contribution < -0.4 is 0 Å². The number of ether oxygens (including phenoxy) is 1. The number of halogens is 1. The predicted molar refractivity (Wildman–Crippen MR) is 75.6 cm³/mol. The zero-order valence-electron chi connectivity index (χ0n) is 10.9. The summed E-state index contributed by atoms with van der Waals surface area (Å²) in [5.41, 5.74) is -0.611. The van der Waals surface area contributed by atoms with Gasteiger partial charge in [0, 0.05) is 6.61 Å². The molecule has 0 radical (unpaired) electrons. The molecule has 1 aliphatic carbocycles. The van der Waals surface area contributed by atoms with Crippen molar-refractivity contribution < 1.29 is 9.53 Å². The molecule has 1 aromatic heterocycles. The third kappa shape index (κ3) is 2.79. The molecule has 0 aromatic carbocycles. The second-order valence-corrected chi connectivity index (χ2v) is 6.78. The van der Waals surface area contributed by atoms with Gasteiger partial charge in [0.2, 0.25) is 5.78 Å². The molecule has 1 aliphatic rings. The first-order valence-electron chi connectivity index (χ1n) is 6.51. The van der Waals surface area contributed by atoms with Crippen molar-refractivity contribution in [1.82, 2.24) is 0 Å². The molecule has 2 atom stereocenters. The van der Waals surface area contributed by atoms with E-state index in [2.05, 4.69) is 6.92 Å². The highest BCUT2D eigenvalue weighted by Crippen LogP contribution is 2.39. The molecule has 0 saturated heterocycles. The lowest BCUT2D eigenvalue weighted by molar-refractivity contribution is -0.0509. The Balaban J connectivity index is 2.26. The van der Waals surface area contributed by atoms with E-state index in [9.17, 15) is 4.79 Å². The van der Waals surface area contributed by atoms with E-state index in [1.807, 2.05) is 13.0 Å². The van der Waals surface area contributed by atoms with Gasteiger partial charge in [-0.1, -0.05) is 24.9 Å². The largest absolute Gasteiger partial charge is 0.367 e. The Morgan fingerprint density at radius 3 is 2.94 bits per heavy atom. The van der Waals surface area contributed by atoms with Crippen LogP contribution in [0, 0.1) is 5.92 Å². The smallest absolute Gasteiger partial charge is 0.204 e. The molecule has 0 aliphatic heterocycles. The lowest BCUT2D eigenvalue weighted by Gasteiger charge is -2.38. The van der Waals surface area contributed by atoms with Gasteiger partial charge in [-0.15, -0.1) is 11.3 Å². The van der Waals surface area contributed by atoms with Gasteiger partial charge in [-0.2, -0.15) is 0 Å². The van der Waals surface area contributed by atoms with Crippen LogP contribution in [0.25, 0.3) is 0 Å². The highest BCUT2D eigenvalue weighted by atomic mass is 35.5. The van der Waals surface area contributed by atoms with E-state index < -0.39 is 5.60 Å². The van der Waals surface area contributed by atoms with Crippen LogP contribution in [-0.4, -0.2) is 18.0 Å². The number of carbonyl (C=O) groups is 1. The Morgan fingerprint density at radius 1 is 1.61 bits per heavy atom. The number of ketones is 1. The fourth-order valence-corrected chi connectivity index (χ4v) is 3.92. The maximum Gasteiger partial charge on any atom is 0.204 e. The van der Waals surface area contributed by atoms with Crippen LogP contribution in [0.15, 0.2) is 12.1 Å². The van der Waals surface area contributed by atoms with Crippen molar-refractivity contribution in [2.75, 3.05) is 6.61 Å². The molecule has 1 saturated carbocycles. The van der Waals surface area contributed by atoms with Crippen LogP contribution in [0.5, 0.6) is 0 Å². The first kappa shape index (κ1) is 14.0. The Bertz CT molecular complexity index is 425. The van der Waals surface area contributed by atoms with Crippen LogP contribution in [-0.2, 0) is 4.74 Å². The van der Waals surface area contributed by atoms with Crippen molar-refractivity contribution in [3.63, 3.8) is 0 Å². The summed E-state index contributed by atoms with van der Waals surface area (Å²) in [6, 6.07) is 3.60. The number of Topliss-reactive ketones (excluding diaryl/α,β-unsaturated/α-hetero) is 1. The maximum atomic E-state index is 12.7. The van der Waals surface area contributed by atoms with Gasteiger partial charge in [-0.3, -0.25) is 4.79 Å². The summed E-state index contributed by atoms with van der Waals surface area (Å²) in [7, 11) is 0. The predicted octanol–water partition coefficient (Wildman–Crippen LogP) is 4.57. The molecule has 2 unspecified atom stereocenters. The van der Waals surface area contributed by atoms with E-state index in [-0.39, 0.29) is 5.78 Å². The van der Waals surface area contributed by atoms with Crippen LogP contribution in [0.3, 0.4) is 0 Å². The average molecular weight is 287 g/mol. The van der Waals surface area contributed by atoms with Gasteiger partial charge in [0.05, 0.1) is 9.21 Å². The van der Waals surface area contributed by atoms with Crippen molar-refractivity contribution in [1.29, 1.82) is 0 Å². The van der Waals surface area contributed by atoms with Crippen molar-refractivity contribution in [2.24, 2.45) is 5.92 Å². The van der Waals surface area contributed by atoms with E-state index >= 15 is 0 Å². The van der Waals surface area contributed by atoms with Gasteiger partial charge in [-0.05, 0) is 44.2 Å². The molecule has 1 heterocycles. The van der Waals surface area contributed by atoms with E-state index in [1.165, 1.54) is 17.8 Å². The molecule has 1 fully saturated rings. The summed E-state index contributed by atoms with van der Waals surface area (Å²) < 4.78 is 6.54. The van der Waals surface area contributed by atoms with E-state index in [1.54, 1.807) is 6.07 Å². The molecule has 2 rings (SSSR count). The fraction of sp³-hybridized carbons (Fsp3) is 0.643. The number of rotatable bonds is 4. The molecular formula is C14H19ClO2S. The Labute approximate surface area is 117 Å². The van der Waals surface area contributed by atoms with Crippen molar-refractivity contribution in [2.45, 2.75) is 45.1 Å².